The van der Waals surface area contributed by atoms with Gasteiger partial charge in [0.1, 0.15) is 0 Å². The first-order valence-corrected chi connectivity index (χ1v) is 17.2. The van der Waals surface area contributed by atoms with Gasteiger partial charge in [0.2, 0.25) is 0 Å². The van der Waals surface area contributed by atoms with Gasteiger partial charge in [0.05, 0.1) is 0 Å². The first-order valence-electron chi connectivity index (χ1n) is 9.25. The molecule has 0 nitrogen and oxygen atoms in total. The van der Waals surface area contributed by atoms with Gasteiger partial charge in [0.25, 0.3) is 0 Å². The lowest BCUT2D eigenvalue weighted by Gasteiger charge is -2.65. The largest absolute Gasteiger partial charge is 0.123 e. The van der Waals surface area contributed by atoms with Gasteiger partial charge in [-0.05, 0) is 48.5 Å². The smallest absolute Gasteiger partial charge is 0.0336 e. The van der Waals surface area contributed by atoms with Crippen molar-refractivity contribution in [1.29, 1.82) is 0 Å². The van der Waals surface area contributed by atoms with Crippen molar-refractivity contribution < 1.29 is 0 Å². The van der Waals surface area contributed by atoms with Gasteiger partial charge in [0, 0.05) is 25.6 Å². The highest BCUT2D eigenvalue weighted by molar-refractivity contribution is 9.73. The molecule has 140 valence electrons. The van der Waals surface area contributed by atoms with Crippen LogP contribution >= 0.6 is 32.3 Å². The van der Waals surface area contributed by atoms with Gasteiger partial charge >= 0.3 is 0 Å². The topological polar surface area (TPSA) is 0 Å². The second-order valence-electron chi connectivity index (χ2n) is 7.00. The number of hydrogen-bond donors (Lipinski definition) is 0. The molecule has 0 radical (unpaired) electrons. The van der Waals surface area contributed by atoms with Crippen molar-refractivity contribution in [2.24, 2.45) is 0 Å². The van der Waals surface area contributed by atoms with E-state index in [1.165, 1.54) is 19.6 Å². The normalized spacial score (nSPS) is 23.4. The van der Waals surface area contributed by atoms with Crippen LogP contribution in [-0.4, -0.2) is 0 Å². The molecule has 0 spiro atoms. The molecule has 1 aliphatic rings. The Morgan fingerprint density at radius 2 is 0.679 bits per heavy atom. The van der Waals surface area contributed by atoms with Gasteiger partial charge in [-0.3, -0.25) is 0 Å². The average molecular weight is 437 g/mol. The zero-order chi connectivity index (χ0) is 19.1. The lowest BCUT2D eigenvalue weighted by molar-refractivity contribution is 1.22. The van der Waals surface area contributed by atoms with E-state index in [-0.39, 0.29) is 0 Å². The summed E-state index contributed by atoms with van der Waals surface area (Å²) in [5.74, 6) is 0. The predicted molar refractivity (Wildman–Crippen MR) is 131 cm³/mol. The molecule has 0 aromatic heterocycles. The third-order valence-electron chi connectivity index (χ3n) is 5.86. The molecular formula is C24H22P2S2. The van der Waals surface area contributed by atoms with Crippen LogP contribution in [0.5, 0.6) is 0 Å². The van der Waals surface area contributed by atoms with Crippen LogP contribution in [0.15, 0.2) is 141 Å². The summed E-state index contributed by atoms with van der Waals surface area (Å²) in [6.07, 6.45) is 0. The molecule has 0 saturated carbocycles. The van der Waals surface area contributed by atoms with E-state index in [1.807, 2.05) is 0 Å². The van der Waals surface area contributed by atoms with Crippen LogP contribution in [0, 0.1) is 0 Å². The molecule has 4 aromatic carbocycles. The van der Waals surface area contributed by atoms with Crippen molar-refractivity contribution in [2.45, 2.75) is 19.6 Å². The Morgan fingerprint density at radius 1 is 0.464 bits per heavy atom. The summed E-state index contributed by atoms with van der Waals surface area (Å²) in [4.78, 5) is 5.77. The molecular weight excluding hydrogens is 414 g/mol. The first kappa shape index (κ1) is 18.5. The molecule has 0 bridgehead atoms. The van der Waals surface area contributed by atoms with Crippen molar-refractivity contribution in [1.82, 2.24) is 0 Å². The summed E-state index contributed by atoms with van der Waals surface area (Å²) in [5, 5.41) is 0. The van der Waals surface area contributed by atoms with Crippen LogP contribution in [0.3, 0.4) is 0 Å². The van der Waals surface area contributed by atoms with E-state index in [4.69, 9.17) is 0 Å². The lowest BCUT2D eigenvalue weighted by Crippen LogP contribution is -2.20. The third kappa shape index (κ3) is 1.84. The van der Waals surface area contributed by atoms with E-state index >= 15 is 0 Å². The molecule has 2 unspecified atom stereocenters. The summed E-state index contributed by atoms with van der Waals surface area (Å²) in [6, 6.07) is 44.5. The monoisotopic (exact) mass is 436 g/mol. The summed E-state index contributed by atoms with van der Waals surface area (Å²) < 4.78 is 0. The minimum Gasteiger partial charge on any atom is -0.123 e. The molecule has 28 heavy (non-hydrogen) atoms. The van der Waals surface area contributed by atoms with Gasteiger partial charge < -0.3 is 0 Å². The SMILES string of the molecule is PP1SS1(c1ccccc1)(c1ccccc1)(c1ccccc1)c1ccccc1. The highest BCUT2D eigenvalue weighted by Crippen LogP contribution is 3.44. The maximum absolute atomic E-state index is 3.27. The predicted octanol–water partition coefficient (Wildman–Crippen LogP) is 8.86. The molecule has 0 aliphatic carbocycles. The fourth-order valence-electron chi connectivity index (χ4n) is 4.53. The van der Waals surface area contributed by atoms with Crippen molar-refractivity contribution in [2.75, 3.05) is 0 Å². The molecule has 0 N–H and O–H groups in total. The van der Waals surface area contributed by atoms with Crippen LogP contribution in [0.25, 0.3) is 0 Å². The van der Waals surface area contributed by atoms with E-state index in [2.05, 4.69) is 141 Å². The van der Waals surface area contributed by atoms with Gasteiger partial charge in [-0.25, -0.2) is 0 Å². The van der Waals surface area contributed by atoms with Crippen LogP contribution in [0.2, 0.25) is 0 Å². The summed E-state index contributed by atoms with van der Waals surface area (Å²) in [7, 11) is 5.46. The Labute approximate surface area is 172 Å². The molecule has 5 rings (SSSR count). The first-order chi connectivity index (χ1) is 13.7. The van der Waals surface area contributed by atoms with Crippen molar-refractivity contribution in [3.8, 4) is 0 Å². The number of rotatable bonds is 4. The zero-order valence-corrected chi connectivity index (χ0v) is 19.1. The molecule has 2 atom stereocenters. The van der Waals surface area contributed by atoms with E-state index in [0.717, 1.165) is 0 Å². The van der Waals surface area contributed by atoms with Gasteiger partial charge in [-0.1, -0.05) is 92.1 Å². The average Bonchev–Trinajstić information content (AvgIpc) is 3.41. The van der Waals surface area contributed by atoms with E-state index in [0.29, 0.717) is 0 Å². The molecule has 1 fully saturated rings. The Balaban J connectivity index is 2.11. The van der Waals surface area contributed by atoms with Crippen LogP contribution < -0.4 is 0 Å². The Hall–Kier alpha value is -1.56. The Kier molecular flexibility index (Phi) is 4.10. The quantitative estimate of drug-likeness (QED) is 0.175. The molecule has 4 heteroatoms. The second kappa shape index (κ2) is 6.22. The maximum atomic E-state index is 3.27. The molecule has 4 aromatic rings. The lowest BCUT2D eigenvalue weighted by atomic mass is 10.3. The van der Waals surface area contributed by atoms with Crippen molar-refractivity contribution in [3.63, 3.8) is 0 Å². The zero-order valence-electron chi connectivity index (χ0n) is 15.4. The van der Waals surface area contributed by atoms with Gasteiger partial charge in [0.15, 0.2) is 0 Å². The van der Waals surface area contributed by atoms with Crippen LogP contribution in [0.1, 0.15) is 0 Å². The van der Waals surface area contributed by atoms with E-state index < -0.39 is 13.0 Å². The van der Waals surface area contributed by atoms with Crippen LogP contribution in [0.4, 0.5) is 0 Å². The Bertz CT molecular complexity index is 957. The molecule has 1 aliphatic heterocycles. The van der Waals surface area contributed by atoms with E-state index in [9.17, 15) is 0 Å². The second-order valence-corrected chi connectivity index (χ2v) is 27.0. The van der Waals surface area contributed by atoms with Crippen molar-refractivity contribution >= 4 is 32.3 Å². The highest BCUT2D eigenvalue weighted by Gasteiger charge is 2.83. The summed E-state index contributed by atoms with van der Waals surface area (Å²) in [6.45, 7) is -3.21. The number of benzene rings is 4. The number of hydrogen-bond acceptors (Lipinski definition) is 1. The van der Waals surface area contributed by atoms with Gasteiger partial charge in [-0.15, -0.1) is 6.95 Å². The minimum atomic E-state index is -3.21. The van der Waals surface area contributed by atoms with Crippen LogP contribution in [-0.2, 0) is 0 Å². The fourth-order valence-corrected chi connectivity index (χ4v) is 43.8. The van der Waals surface area contributed by atoms with Gasteiger partial charge in [-0.2, -0.15) is 0 Å². The molecule has 0 amide bonds. The fraction of sp³-hybridized carbons (Fsp3) is 0. The maximum Gasteiger partial charge on any atom is 0.0336 e. The van der Waals surface area contributed by atoms with E-state index in [1.54, 1.807) is 0 Å². The summed E-state index contributed by atoms with van der Waals surface area (Å²) >= 11 is 0. The minimum absolute atomic E-state index is 0.440. The standard InChI is InChI=1S/C24H22P2S2/c25-26-27-28(26,21-13-5-1-6-14-21,22-15-7-2-8-16-22,23-17-9-3-10-18-23)24-19-11-4-12-20-24/h1-20H,25H2. The highest BCUT2D eigenvalue weighted by atomic mass is 33.9. The summed E-state index contributed by atoms with van der Waals surface area (Å²) in [5.41, 5.74) is 0. The Morgan fingerprint density at radius 3 is 0.857 bits per heavy atom. The molecule has 1 heterocycles. The molecule has 1 saturated heterocycles. The third-order valence-corrected chi connectivity index (χ3v) is 38.3. The van der Waals surface area contributed by atoms with Crippen molar-refractivity contribution in [3.05, 3.63) is 121 Å².